The summed E-state index contributed by atoms with van der Waals surface area (Å²) in [5, 5.41) is 12.3. The van der Waals surface area contributed by atoms with Crippen LogP contribution in [-0.2, 0) is 14.3 Å². The van der Waals surface area contributed by atoms with E-state index in [0.717, 1.165) is 35.9 Å². The first-order valence-corrected chi connectivity index (χ1v) is 12.5. The fourth-order valence-corrected chi connectivity index (χ4v) is 5.53. The van der Waals surface area contributed by atoms with E-state index in [1.54, 1.807) is 27.9 Å². The Morgan fingerprint density at radius 2 is 1.94 bits per heavy atom. The van der Waals surface area contributed by atoms with E-state index in [9.17, 15) is 14.7 Å². The molecule has 2 aromatic rings. The first-order valence-electron chi connectivity index (χ1n) is 12.5. The number of carbonyl (C=O) groups is 2. The van der Waals surface area contributed by atoms with Crippen molar-refractivity contribution in [2.24, 2.45) is 0 Å². The summed E-state index contributed by atoms with van der Waals surface area (Å²) in [6, 6.07) is 4.76. The average Bonchev–Trinajstić information content (AvgIpc) is 3.14. The first-order chi connectivity index (χ1) is 17.0. The van der Waals surface area contributed by atoms with Gasteiger partial charge in [-0.2, -0.15) is 0 Å². The molecule has 3 atom stereocenters. The number of methoxy groups -OCH3 is 2. The van der Waals surface area contributed by atoms with Crippen molar-refractivity contribution in [3.63, 3.8) is 0 Å². The lowest BCUT2D eigenvalue weighted by molar-refractivity contribution is -0.145. The number of benzene rings is 1. The van der Waals surface area contributed by atoms with Crippen LogP contribution in [0.3, 0.4) is 0 Å². The number of hydrogen-bond donors (Lipinski definition) is 1. The van der Waals surface area contributed by atoms with Gasteiger partial charge in [0.05, 0.1) is 38.1 Å². The van der Waals surface area contributed by atoms with Gasteiger partial charge in [0.15, 0.2) is 0 Å². The predicted molar refractivity (Wildman–Crippen MR) is 131 cm³/mol. The molecule has 2 fully saturated rings. The number of amides is 1. The van der Waals surface area contributed by atoms with Crippen LogP contribution in [0, 0.1) is 0 Å². The number of aliphatic hydroxyl groups is 1. The number of esters is 1. The zero-order chi connectivity index (χ0) is 25.8. The summed E-state index contributed by atoms with van der Waals surface area (Å²) < 4.78 is 22.8. The molecule has 1 amide bonds. The number of fused-ring (bicyclic) bond motifs is 3. The predicted octanol–water partition coefficient (Wildman–Crippen LogP) is 4.25. The van der Waals surface area contributed by atoms with Gasteiger partial charge in [-0.3, -0.25) is 4.90 Å². The number of likely N-dealkylation sites (tertiary alicyclic amines) is 1. The average molecular weight is 499 g/mol. The minimum absolute atomic E-state index is 0.0957. The summed E-state index contributed by atoms with van der Waals surface area (Å²) in [6.45, 7) is 5.42. The fourth-order valence-electron chi connectivity index (χ4n) is 5.53. The minimum Gasteiger partial charge on any atom is -0.497 e. The lowest BCUT2D eigenvalue weighted by Crippen LogP contribution is -2.46. The molecule has 0 radical (unpaired) electrons. The third kappa shape index (κ3) is 4.23. The lowest BCUT2D eigenvalue weighted by Gasteiger charge is -2.40. The zero-order valence-electron chi connectivity index (χ0n) is 21.5. The van der Waals surface area contributed by atoms with Crippen LogP contribution in [0.25, 0.3) is 10.9 Å². The molecule has 1 N–H and O–H groups in total. The number of ether oxygens (including phenoxy) is 4. The second-order valence-electron chi connectivity index (χ2n) is 11.1. The molecule has 5 rings (SSSR count). The van der Waals surface area contributed by atoms with Gasteiger partial charge in [-0.15, -0.1) is 0 Å². The van der Waals surface area contributed by atoms with Crippen molar-refractivity contribution in [3.05, 3.63) is 29.5 Å². The van der Waals surface area contributed by atoms with Gasteiger partial charge in [0.2, 0.25) is 0 Å². The van der Waals surface area contributed by atoms with Crippen molar-refractivity contribution in [2.45, 2.75) is 82.1 Å². The molecule has 1 saturated carbocycles. The number of rotatable bonds is 3. The maximum atomic E-state index is 13.1. The van der Waals surface area contributed by atoms with E-state index < -0.39 is 35.4 Å². The van der Waals surface area contributed by atoms with Crippen LogP contribution >= 0.6 is 0 Å². The van der Waals surface area contributed by atoms with E-state index in [0.29, 0.717) is 17.1 Å². The van der Waals surface area contributed by atoms with Crippen molar-refractivity contribution < 1.29 is 33.6 Å². The molecule has 1 aromatic carbocycles. The largest absolute Gasteiger partial charge is 0.497 e. The van der Waals surface area contributed by atoms with Gasteiger partial charge in [0, 0.05) is 29.7 Å². The summed E-state index contributed by atoms with van der Waals surface area (Å²) in [5.74, 6) is 0.932. The van der Waals surface area contributed by atoms with Crippen molar-refractivity contribution >= 4 is 23.0 Å². The number of pyridine rings is 1. The smallest absolute Gasteiger partial charge is 0.411 e. The maximum absolute atomic E-state index is 13.1. The van der Waals surface area contributed by atoms with Crippen molar-refractivity contribution in [2.75, 3.05) is 20.8 Å². The molecule has 1 spiro atoms. The molecule has 1 unspecified atom stereocenters. The van der Waals surface area contributed by atoms with Gasteiger partial charge < -0.3 is 24.1 Å². The molecule has 2 aliphatic heterocycles. The first kappa shape index (κ1) is 24.6. The second kappa shape index (κ2) is 8.80. The van der Waals surface area contributed by atoms with Crippen LogP contribution in [0.4, 0.5) is 4.79 Å². The van der Waals surface area contributed by atoms with Crippen LogP contribution in [0.5, 0.6) is 11.5 Å². The molecule has 194 valence electrons. The summed E-state index contributed by atoms with van der Waals surface area (Å²) >= 11 is 0. The number of aliphatic hydroxyl groups excluding tert-OH is 1. The molecule has 1 aliphatic carbocycles. The Kier molecular flexibility index (Phi) is 6.01. The Hall–Kier alpha value is -3.07. The van der Waals surface area contributed by atoms with E-state index in [1.165, 1.54) is 12.0 Å². The van der Waals surface area contributed by atoms with E-state index in [4.69, 9.17) is 23.9 Å². The maximum Gasteiger partial charge on any atom is 0.411 e. The van der Waals surface area contributed by atoms with E-state index in [-0.39, 0.29) is 25.3 Å². The molecular formula is C27H34N2O7. The Morgan fingerprint density at radius 3 is 2.56 bits per heavy atom. The Bertz CT molecular complexity index is 1200. The van der Waals surface area contributed by atoms with E-state index >= 15 is 0 Å². The quantitative estimate of drug-likeness (QED) is 0.626. The van der Waals surface area contributed by atoms with Crippen LogP contribution in [0.1, 0.15) is 76.2 Å². The number of carbonyl (C=O) groups excluding carboxylic acids is 2. The Labute approximate surface area is 210 Å². The van der Waals surface area contributed by atoms with E-state index in [2.05, 4.69) is 0 Å². The molecule has 1 aromatic heterocycles. The SMILES string of the molecule is COC(=O)[C@@H]1C[C@]2(CC(O)c3c(c(C4CCC4)nc4ccc(OC)cc34)O2)CN1C(=O)OC(C)(C)C. The number of nitrogens with zero attached hydrogens (tertiary/aromatic N) is 2. The van der Waals surface area contributed by atoms with Crippen molar-refractivity contribution in [1.29, 1.82) is 0 Å². The van der Waals surface area contributed by atoms with Gasteiger partial charge >= 0.3 is 12.1 Å². The summed E-state index contributed by atoms with van der Waals surface area (Å²) in [4.78, 5) is 32.1. The van der Waals surface area contributed by atoms with Crippen molar-refractivity contribution in [3.8, 4) is 11.5 Å². The molecule has 3 aliphatic rings. The molecule has 9 heteroatoms. The summed E-state index contributed by atoms with van der Waals surface area (Å²) in [7, 11) is 2.90. The molecule has 3 heterocycles. The number of hydrogen-bond acceptors (Lipinski definition) is 8. The fraction of sp³-hybridized carbons (Fsp3) is 0.593. The summed E-state index contributed by atoms with van der Waals surface area (Å²) in [6.07, 6.45) is 2.04. The highest BCUT2D eigenvalue weighted by Gasteiger charge is 2.55. The molecule has 1 saturated heterocycles. The highest BCUT2D eigenvalue weighted by molar-refractivity contribution is 5.87. The van der Waals surface area contributed by atoms with Gasteiger partial charge in [-0.25, -0.2) is 14.6 Å². The van der Waals surface area contributed by atoms with Crippen LogP contribution < -0.4 is 9.47 Å². The molecule has 0 bridgehead atoms. The normalized spacial score (nSPS) is 25.8. The number of aromatic nitrogens is 1. The van der Waals surface area contributed by atoms with Crippen LogP contribution in [0.2, 0.25) is 0 Å². The van der Waals surface area contributed by atoms with E-state index in [1.807, 2.05) is 18.2 Å². The third-order valence-corrected chi connectivity index (χ3v) is 7.42. The standard InChI is InChI=1S/C27H34N2O7/c1-26(2,3)36-25(32)29-14-27(12-19(29)24(31)34-5)13-20(30)21-17-11-16(33-4)9-10-18(17)28-22(23(21)35-27)15-7-6-8-15/h9-11,15,19-20,30H,6-8,12-14H2,1-5H3/t19-,20?,27-/m0/s1. The van der Waals surface area contributed by atoms with Gasteiger partial charge in [0.25, 0.3) is 0 Å². The highest BCUT2D eigenvalue weighted by atomic mass is 16.6. The second-order valence-corrected chi connectivity index (χ2v) is 11.1. The highest BCUT2D eigenvalue weighted by Crippen LogP contribution is 2.52. The summed E-state index contributed by atoms with van der Waals surface area (Å²) in [5.41, 5.74) is 0.597. The van der Waals surface area contributed by atoms with Gasteiger partial charge in [0.1, 0.15) is 28.7 Å². The molecular weight excluding hydrogens is 464 g/mol. The van der Waals surface area contributed by atoms with Crippen LogP contribution in [-0.4, -0.2) is 65.1 Å². The minimum atomic E-state index is -0.977. The van der Waals surface area contributed by atoms with Gasteiger partial charge in [-0.05, 0) is 51.8 Å². The monoisotopic (exact) mass is 498 g/mol. The molecule has 36 heavy (non-hydrogen) atoms. The topological polar surface area (TPSA) is 107 Å². The Balaban J connectivity index is 1.58. The zero-order valence-corrected chi connectivity index (χ0v) is 21.5. The molecule has 9 nitrogen and oxygen atoms in total. The Morgan fingerprint density at radius 1 is 1.19 bits per heavy atom. The third-order valence-electron chi connectivity index (χ3n) is 7.42. The van der Waals surface area contributed by atoms with Crippen molar-refractivity contribution in [1.82, 2.24) is 9.88 Å². The van der Waals surface area contributed by atoms with Gasteiger partial charge in [-0.1, -0.05) is 6.42 Å². The van der Waals surface area contributed by atoms with Crippen LogP contribution in [0.15, 0.2) is 18.2 Å². The lowest BCUT2D eigenvalue weighted by atomic mass is 9.79.